The predicted molar refractivity (Wildman–Crippen MR) is 241 cm³/mol. The Kier molecular flexibility index (Phi) is 18.8. The molecule has 0 aromatic carbocycles. The lowest BCUT2D eigenvalue weighted by molar-refractivity contribution is -0.287. The van der Waals surface area contributed by atoms with Crippen molar-refractivity contribution in [1.29, 1.82) is 0 Å². The van der Waals surface area contributed by atoms with Crippen LogP contribution in [0.1, 0.15) is 116 Å². The van der Waals surface area contributed by atoms with Crippen molar-refractivity contribution in [3.63, 3.8) is 0 Å². The van der Waals surface area contributed by atoms with E-state index in [2.05, 4.69) is 141 Å². The molecule has 3 fully saturated rings. The van der Waals surface area contributed by atoms with Crippen molar-refractivity contribution < 1.29 is 42.2 Å². The molecule has 0 unspecified atom stereocenters. The number of hydrogen-bond acceptors (Lipinski definition) is 9. The number of esters is 3. The lowest BCUT2D eigenvalue weighted by atomic mass is 9.73. The molecular formula is C45H79BrO9Si2. The van der Waals surface area contributed by atoms with Gasteiger partial charge in [-0.3, -0.25) is 4.79 Å². The second-order valence-electron chi connectivity index (χ2n) is 19.5. The number of halogens is 1. The number of rotatable bonds is 6. The van der Waals surface area contributed by atoms with E-state index in [4.69, 9.17) is 23.1 Å². The maximum absolute atomic E-state index is 12.0. The zero-order valence-electron chi connectivity index (χ0n) is 36.5. The average Bonchev–Trinajstić information content (AvgIpc) is 3.33. The van der Waals surface area contributed by atoms with Crippen LogP contribution in [0, 0.1) is 23.7 Å². The summed E-state index contributed by atoms with van der Waals surface area (Å²) in [6.07, 6.45) is 8.05. The van der Waals surface area contributed by atoms with Gasteiger partial charge in [-0.15, -0.1) is 0 Å². The minimum Gasteiger partial charge on any atom is -0.466 e. The van der Waals surface area contributed by atoms with Gasteiger partial charge >= 0.3 is 17.9 Å². The Bertz CT molecular complexity index is 1490. The summed E-state index contributed by atoms with van der Waals surface area (Å²) in [5, 5.41) is 0.760. The number of allylic oxidation sites excluding steroid dienone is 2. The molecule has 5 aliphatic rings. The van der Waals surface area contributed by atoms with Crippen molar-refractivity contribution >= 4 is 50.5 Å². The second kappa shape index (κ2) is 20.1. The molecule has 9 nitrogen and oxygen atoms in total. The molecule has 2 aliphatic carbocycles. The third-order valence-corrected chi connectivity index (χ3v) is 22.7. The van der Waals surface area contributed by atoms with Crippen molar-refractivity contribution in [2.24, 2.45) is 23.7 Å². The summed E-state index contributed by atoms with van der Waals surface area (Å²) in [6.45, 7) is 38.5. The molecule has 3 heterocycles. The van der Waals surface area contributed by atoms with Crippen LogP contribution in [0.3, 0.4) is 0 Å². The van der Waals surface area contributed by atoms with Crippen molar-refractivity contribution in [2.75, 3.05) is 12.4 Å². The standard InChI is InChI=1S/C21H34O4Si.C17H30O3Si.C5H7BrO2.2CH4/c1-13-9-10-16-14(2)11-21(12-15(3)19(22)24-21)23-18(16)17(13)25-26(7,8)20(4,5)6;1-11-8-9-13-12(2)10-14(18)19-16(13)15(11)20-21(6,7)17(3,4)5;1-4(3-6)5(7)8-2;;/h9,14,16-18H,3,10-12H2,1-2,4-8H3;8,12-13,15-16H,9-10H2,1-7H3;1,3H2,2H3;2*1H4/t14-,16+,17+,18+,21+;12-,13+,15+,16+;;;/m00.../s1. The lowest BCUT2D eigenvalue weighted by Gasteiger charge is -2.51. The fourth-order valence-corrected chi connectivity index (χ4v) is 10.3. The highest BCUT2D eigenvalue weighted by Gasteiger charge is 2.56. The van der Waals surface area contributed by atoms with Gasteiger partial charge < -0.3 is 27.8 Å². The van der Waals surface area contributed by atoms with Gasteiger partial charge in [-0.1, -0.05) is 111 Å². The van der Waals surface area contributed by atoms with Gasteiger partial charge in [-0.2, -0.15) is 0 Å². The smallest absolute Gasteiger partial charge is 0.336 e. The van der Waals surface area contributed by atoms with E-state index in [0.717, 1.165) is 19.3 Å². The zero-order valence-corrected chi connectivity index (χ0v) is 40.1. The van der Waals surface area contributed by atoms with Crippen LogP contribution in [-0.4, -0.2) is 77.2 Å². The quantitative estimate of drug-likeness (QED) is 0.0643. The first-order valence-corrected chi connectivity index (χ1v) is 26.8. The van der Waals surface area contributed by atoms with Gasteiger partial charge in [0.25, 0.3) is 0 Å². The van der Waals surface area contributed by atoms with Crippen LogP contribution in [0.25, 0.3) is 0 Å². The molecule has 1 spiro atoms. The molecule has 328 valence electrons. The van der Waals surface area contributed by atoms with Gasteiger partial charge in [0.1, 0.15) is 12.2 Å². The Hall–Kier alpha value is -1.84. The summed E-state index contributed by atoms with van der Waals surface area (Å²) >= 11 is 3.06. The SMILES string of the molecule is C.C.C=C(CBr)C(=O)OC.C=C1C[C@@]2(C[C@H](C)[C@H]3CC=C(C)[C@@H](O[Si](C)(C)C(C)(C)C)[C@@H]3O2)OC1=O.CC1=CC[C@H]2[C@@H](OC(=O)C[C@@H]2C)[C@@H]1O[Si](C)(C)C(C)(C)C. The molecule has 0 amide bonds. The van der Waals surface area contributed by atoms with Gasteiger partial charge in [-0.25, -0.2) is 9.59 Å². The molecule has 0 bridgehead atoms. The zero-order chi connectivity index (χ0) is 42.1. The summed E-state index contributed by atoms with van der Waals surface area (Å²) in [5.74, 6) is -0.00693. The third kappa shape index (κ3) is 12.6. The number of hydrogen-bond donors (Lipinski definition) is 0. The van der Waals surface area contributed by atoms with E-state index in [1.807, 2.05) is 0 Å². The normalized spacial score (nSPS) is 31.1. The minimum absolute atomic E-state index is 0. The fourth-order valence-electron chi connectivity index (χ4n) is 7.44. The summed E-state index contributed by atoms with van der Waals surface area (Å²) in [6, 6.07) is 0. The van der Waals surface area contributed by atoms with Crippen molar-refractivity contribution in [1.82, 2.24) is 0 Å². The van der Waals surface area contributed by atoms with Crippen LogP contribution in [0.4, 0.5) is 0 Å². The summed E-state index contributed by atoms with van der Waals surface area (Å²) in [7, 11) is -2.51. The van der Waals surface area contributed by atoms with Crippen LogP contribution in [-0.2, 0) is 42.2 Å². The number of fused-ring (bicyclic) bond motifs is 2. The monoisotopic (exact) mass is 898 g/mol. The molecule has 3 aliphatic heterocycles. The third-order valence-electron chi connectivity index (χ3n) is 13.1. The lowest BCUT2D eigenvalue weighted by Crippen LogP contribution is -2.57. The predicted octanol–water partition coefficient (Wildman–Crippen LogP) is 11.6. The Morgan fingerprint density at radius 2 is 1.33 bits per heavy atom. The van der Waals surface area contributed by atoms with E-state index >= 15 is 0 Å². The molecule has 57 heavy (non-hydrogen) atoms. The average molecular weight is 900 g/mol. The Labute approximate surface area is 357 Å². The maximum atomic E-state index is 12.0. The highest BCUT2D eigenvalue weighted by Crippen LogP contribution is 2.50. The molecular weight excluding hydrogens is 821 g/mol. The van der Waals surface area contributed by atoms with Gasteiger partial charge in [0, 0.05) is 41.7 Å². The van der Waals surface area contributed by atoms with Crippen molar-refractivity contribution in [3.8, 4) is 0 Å². The topological polar surface area (TPSA) is 107 Å². The highest BCUT2D eigenvalue weighted by atomic mass is 79.9. The summed E-state index contributed by atoms with van der Waals surface area (Å²) < 4.78 is 35.7. The van der Waals surface area contributed by atoms with Gasteiger partial charge in [0.2, 0.25) is 5.79 Å². The molecule has 12 heteroatoms. The molecule has 0 saturated carbocycles. The van der Waals surface area contributed by atoms with Gasteiger partial charge in [-0.05, 0) is 91.9 Å². The van der Waals surface area contributed by atoms with Crippen LogP contribution in [0.5, 0.6) is 0 Å². The van der Waals surface area contributed by atoms with E-state index < -0.39 is 22.4 Å². The highest BCUT2D eigenvalue weighted by molar-refractivity contribution is 9.09. The molecule has 3 saturated heterocycles. The number of carbonyl (C=O) groups excluding carboxylic acids is 3. The first-order chi connectivity index (χ1) is 25.1. The van der Waals surface area contributed by atoms with Gasteiger partial charge in [0.15, 0.2) is 16.6 Å². The van der Waals surface area contributed by atoms with Crippen LogP contribution < -0.4 is 0 Å². The number of alkyl halides is 1. The van der Waals surface area contributed by atoms with Crippen molar-refractivity contribution in [2.45, 2.75) is 183 Å². The largest absolute Gasteiger partial charge is 0.466 e. The van der Waals surface area contributed by atoms with Crippen LogP contribution in [0.15, 0.2) is 47.6 Å². The summed E-state index contributed by atoms with van der Waals surface area (Å²) in [5.41, 5.74) is 3.42. The Morgan fingerprint density at radius 3 is 1.72 bits per heavy atom. The first kappa shape index (κ1) is 53.2. The van der Waals surface area contributed by atoms with Crippen LogP contribution >= 0.6 is 15.9 Å². The van der Waals surface area contributed by atoms with E-state index in [1.54, 1.807) is 0 Å². The molecule has 0 aromatic heterocycles. The molecule has 5 rings (SSSR count). The van der Waals surface area contributed by atoms with E-state index in [-0.39, 0.29) is 67.3 Å². The van der Waals surface area contributed by atoms with Crippen molar-refractivity contribution in [3.05, 3.63) is 47.6 Å². The first-order valence-electron chi connectivity index (χ1n) is 19.9. The number of methoxy groups -OCH3 is 1. The van der Waals surface area contributed by atoms with E-state index in [0.29, 0.717) is 53.0 Å². The molecule has 9 atom stereocenters. The summed E-state index contributed by atoms with van der Waals surface area (Å²) in [4.78, 5) is 34.2. The second-order valence-corrected chi connectivity index (χ2v) is 29.6. The minimum atomic E-state index is -1.96. The molecule has 0 radical (unpaired) electrons. The molecule has 0 aromatic rings. The van der Waals surface area contributed by atoms with E-state index in [9.17, 15) is 14.4 Å². The fraction of sp³-hybridized carbons (Fsp3) is 0.756. The molecule has 0 N–H and O–H groups in total. The maximum Gasteiger partial charge on any atom is 0.336 e. The van der Waals surface area contributed by atoms with E-state index in [1.165, 1.54) is 18.3 Å². The Balaban J connectivity index is 0.000000472. The number of ether oxygens (including phenoxy) is 4. The van der Waals surface area contributed by atoms with Crippen LogP contribution in [0.2, 0.25) is 36.3 Å². The number of carbonyl (C=O) groups is 3. The van der Waals surface area contributed by atoms with Gasteiger partial charge in [0.05, 0.1) is 19.3 Å². The Morgan fingerprint density at radius 1 is 0.877 bits per heavy atom.